The lowest BCUT2D eigenvalue weighted by molar-refractivity contribution is -0.870. The highest BCUT2D eigenvalue weighted by Gasteiger charge is 2.16. The van der Waals surface area contributed by atoms with Gasteiger partial charge in [0.25, 0.3) is 7.82 Å². The van der Waals surface area contributed by atoms with Gasteiger partial charge >= 0.3 is 0 Å². The topological polar surface area (TPSA) is 58.6 Å². The molecule has 2 atom stereocenters. The van der Waals surface area contributed by atoms with Gasteiger partial charge in [-0.05, 0) is 18.8 Å². The van der Waals surface area contributed by atoms with Gasteiger partial charge in [-0.2, -0.15) is 0 Å². The largest absolute Gasteiger partial charge is 0.756 e. The number of hydrogen-bond donors (Lipinski definition) is 0. The zero-order valence-electron chi connectivity index (χ0n) is 18.7. The first-order valence-corrected chi connectivity index (χ1v) is 12.6. The van der Waals surface area contributed by atoms with Gasteiger partial charge < -0.3 is 18.4 Å². The van der Waals surface area contributed by atoms with Crippen LogP contribution in [0.25, 0.3) is 0 Å². The molecule has 2 unspecified atom stereocenters. The van der Waals surface area contributed by atoms with E-state index in [4.69, 9.17) is 9.05 Å². The summed E-state index contributed by atoms with van der Waals surface area (Å²) in [5.41, 5.74) is 0. The van der Waals surface area contributed by atoms with E-state index in [0.717, 1.165) is 25.7 Å². The van der Waals surface area contributed by atoms with Crippen molar-refractivity contribution in [3.63, 3.8) is 0 Å². The molecule has 6 heteroatoms. The maximum atomic E-state index is 12.0. The average molecular weight is 408 g/mol. The number of nitrogens with zero attached hydrogens (tertiary/aromatic N) is 1. The van der Waals surface area contributed by atoms with Gasteiger partial charge in [0.05, 0.1) is 27.7 Å². The lowest BCUT2D eigenvalue weighted by Gasteiger charge is -2.28. The van der Waals surface area contributed by atoms with E-state index in [2.05, 4.69) is 13.8 Å². The van der Waals surface area contributed by atoms with Crippen LogP contribution >= 0.6 is 7.82 Å². The summed E-state index contributed by atoms with van der Waals surface area (Å²) in [5.74, 6) is 0.317. The van der Waals surface area contributed by atoms with Crippen LogP contribution in [0.5, 0.6) is 0 Å². The molecule has 5 nitrogen and oxygen atoms in total. The summed E-state index contributed by atoms with van der Waals surface area (Å²) in [7, 11) is 1.83. The minimum Gasteiger partial charge on any atom is -0.756 e. The summed E-state index contributed by atoms with van der Waals surface area (Å²) in [6.45, 7) is 5.51. The molecular weight excluding hydrogens is 361 g/mol. The second-order valence-corrected chi connectivity index (χ2v) is 10.3. The Morgan fingerprint density at radius 2 is 1.30 bits per heavy atom. The fraction of sp³-hybridized carbons (Fsp3) is 1.00. The van der Waals surface area contributed by atoms with Crippen molar-refractivity contribution in [2.24, 2.45) is 5.92 Å². The summed E-state index contributed by atoms with van der Waals surface area (Å²) < 4.78 is 22.9. The van der Waals surface area contributed by atoms with Crippen LogP contribution in [0.3, 0.4) is 0 Å². The van der Waals surface area contributed by atoms with E-state index in [0.29, 0.717) is 16.9 Å². The Morgan fingerprint density at radius 3 is 1.81 bits per heavy atom. The average Bonchev–Trinajstić information content (AvgIpc) is 2.57. The van der Waals surface area contributed by atoms with E-state index in [1.807, 2.05) is 21.1 Å². The minimum atomic E-state index is -4.19. The van der Waals surface area contributed by atoms with Gasteiger partial charge in [-0.3, -0.25) is 4.57 Å². The van der Waals surface area contributed by atoms with Crippen molar-refractivity contribution in [3.05, 3.63) is 0 Å². The first kappa shape index (κ1) is 27.1. The maximum absolute atomic E-state index is 12.0. The van der Waals surface area contributed by atoms with Gasteiger partial charge in [-0.1, -0.05) is 78.1 Å². The van der Waals surface area contributed by atoms with Crippen molar-refractivity contribution < 1.29 is 23.0 Å². The first-order chi connectivity index (χ1) is 12.7. The second kappa shape index (κ2) is 15.9. The number of rotatable bonds is 19. The molecule has 0 aromatic heterocycles. The molecular formula is C21H46NO4P. The minimum absolute atomic E-state index is 0.170. The Bertz CT molecular complexity index is 385. The zero-order chi connectivity index (χ0) is 20.6. The molecule has 0 aliphatic heterocycles. The number of phosphoric acid groups is 1. The van der Waals surface area contributed by atoms with Crippen LogP contribution in [-0.4, -0.2) is 45.4 Å². The van der Waals surface area contributed by atoms with Crippen molar-refractivity contribution in [1.29, 1.82) is 0 Å². The first-order valence-electron chi connectivity index (χ1n) is 11.1. The summed E-state index contributed by atoms with van der Waals surface area (Å²) >= 11 is 0. The molecule has 0 N–H and O–H groups in total. The molecule has 0 fully saturated rings. The SMILES string of the molecule is CCCCCCCCC(CCCCCC)COP(=O)([O-])OCC[N+](C)(C)C. The number of hydrogen-bond acceptors (Lipinski definition) is 4. The molecule has 0 aliphatic rings. The molecule has 0 rings (SSSR count). The molecule has 0 spiro atoms. The van der Waals surface area contributed by atoms with Crippen LogP contribution in [0.4, 0.5) is 0 Å². The molecule has 0 radical (unpaired) electrons. The number of quaternary nitrogens is 1. The van der Waals surface area contributed by atoms with Crippen molar-refractivity contribution in [1.82, 2.24) is 0 Å². The number of unbranched alkanes of at least 4 members (excludes halogenated alkanes) is 8. The molecule has 27 heavy (non-hydrogen) atoms. The molecule has 0 bridgehead atoms. The highest BCUT2D eigenvalue weighted by Crippen LogP contribution is 2.39. The Kier molecular flexibility index (Phi) is 16.0. The van der Waals surface area contributed by atoms with Crippen molar-refractivity contribution in [2.75, 3.05) is 40.9 Å². The summed E-state index contributed by atoms with van der Waals surface area (Å²) in [6.07, 6.45) is 14.5. The smallest absolute Gasteiger partial charge is 0.268 e. The van der Waals surface area contributed by atoms with Crippen LogP contribution in [0.2, 0.25) is 0 Å². The van der Waals surface area contributed by atoms with Crippen molar-refractivity contribution >= 4 is 7.82 Å². The standard InChI is InChI=1S/C21H46NO4P/c1-6-8-10-12-13-15-17-21(16-14-11-9-7-2)20-26-27(23,24)25-19-18-22(3,4)5/h21H,6-20H2,1-5H3. The van der Waals surface area contributed by atoms with Gasteiger partial charge in [0, 0.05) is 0 Å². The Labute approximate surface area is 169 Å². The van der Waals surface area contributed by atoms with E-state index in [-0.39, 0.29) is 13.2 Å². The normalized spacial score (nSPS) is 15.6. The lowest BCUT2D eigenvalue weighted by atomic mass is 9.95. The van der Waals surface area contributed by atoms with Gasteiger partial charge in [-0.25, -0.2) is 0 Å². The third-order valence-corrected chi connectivity index (χ3v) is 5.88. The van der Waals surface area contributed by atoms with E-state index in [1.54, 1.807) is 0 Å². The molecule has 0 heterocycles. The predicted octanol–water partition coefficient (Wildman–Crippen LogP) is 5.53. The predicted molar refractivity (Wildman–Crippen MR) is 113 cm³/mol. The third-order valence-electron chi connectivity index (χ3n) is 4.91. The van der Waals surface area contributed by atoms with Gasteiger partial charge in [-0.15, -0.1) is 0 Å². The zero-order valence-corrected chi connectivity index (χ0v) is 19.6. The second-order valence-electron chi connectivity index (χ2n) is 8.86. The van der Waals surface area contributed by atoms with Gasteiger partial charge in [0.15, 0.2) is 0 Å². The highest BCUT2D eigenvalue weighted by atomic mass is 31.2. The van der Waals surface area contributed by atoms with E-state index < -0.39 is 7.82 Å². The monoisotopic (exact) mass is 407 g/mol. The number of likely N-dealkylation sites (N-methyl/N-ethyl adjacent to an activating group) is 1. The Balaban J connectivity index is 4.23. The lowest BCUT2D eigenvalue weighted by Crippen LogP contribution is -2.37. The fourth-order valence-corrected chi connectivity index (χ4v) is 3.82. The maximum Gasteiger partial charge on any atom is 0.268 e. The van der Waals surface area contributed by atoms with Crippen LogP contribution in [0.15, 0.2) is 0 Å². The molecule has 0 aromatic carbocycles. The third kappa shape index (κ3) is 19.2. The Hall–Kier alpha value is 0.0700. The van der Waals surface area contributed by atoms with E-state index in [9.17, 15) is 9.46 Å². The summed E-state index contributed by atoms with van der Waals surface area (Å²) in [4.78, 5) is 12.0. The highest BCUT2D eigenvalue weighted by molar-refractivity contribution is 7.45. The summed E-state index contributed by atoms with van der Waals surface area (Å²) in [5, 5.41) is 0. The molecule has 0 saturated carbocycles. The van der Waals surface area contributed by atoms with E-state index >= 15 is 0 Å². The molecule has 0 saturated heterocycles. The van der Waals surface area contributed by atoms with Crippen molar-refractivity contribution in [2.45, 2.75) is 90.9 Å². The van der Waals surface area contributed by atoms with E-state index in [1.165, 1.54) is 51.4 Å². The Morgan fingerprint density at radius 1 is 0.815 bits per heavy atom. The van der Waals surface area contributed by atoms with Crippen LogP contribution in [0, 0.1) is 5.92 Å². The quantitative estimate of drug-likeness (QED) is 0.160. The van der Waals surface area contributed by atoms with Crippen LogP contribution < -0.4 is 4.89 Å². The van der Waals surface area contributed by atoms with Gasteiger partial charge in [0.1, 0.15) is 13.2 Å². The van der Waals surface area contributed by atoms with Gasteiger partial charge in [0.2, 0.25) is 0 Å². The molecule has 0 aromatic rings. The molecule has 0 amide bonds. The van der Waals surface area contributed by atoms with Crippen LogP contribution in [0.1, 0.15) is 90.9 Å². The van der Waals surface area contributed by atoms with Crippen LogP contribution in [-0.2, 0) is 13.6 Å². The molecule has 164 valence electrons. The number of phosphoric ester groups is 1. The summed E-state index contributed by atoms with van der Waals surface area (Å²) in [6, 6.07) is 0. The fourth-order valence-electron chi connectivity index (χ4n) is 3.04. The van der Waals surface area contributed by atoms with Crippen molar-refractivity contribution in [3.8, 4) is 0 Å². The molecule has 0 aliphatic carbocycles.